The Kier molecular flexibility index (Phi) is 6.29. The molecule has 1 rings (SSSR count). The van der Waals surface area contributed by atoms with Crippen molar-refractivity contribution in [2.75, 3.05) is 5.32 Å². The topological polar surface area (TPSA) is 41.1 Å². The molecule has 0 unspecified atom stereocenters. The van der Waals surface area contributed by atoms with Gasteiger partial charge in [-0.1, -0.05) is 19.4 Å². The molecule has 18 heavy (non-hydrogen) atoms. The number of amides is 1. The fourth-order valence-electron chi connectivity index (χ4n) is 1.40. The summed E-state index contributed by atoms with van der Waals surface area (Å²) in [4.78, 5) is 11.5. The van der Waals surface area contributed by atoms with E-state index in [9.17, 15) is 4.79 Å². The molecular weight excluding hydrogens is 312 g/mol. The molecule has 0 saturated heterocycles. The van der Waals surface area contributed by atoms with Crippen LogP contribution < -0.4 is 10.6 Å². The summed E-state index contributed by atoms with van der Waals surface area (Å²) in [5, 5.41) is 6.00. The lowest BCUT2D eigenvalue weighted by atomic mass is 10.2. The van der Waals surface area contributed by atoms with Gasteiger partial charge in [0.25, 0.3) is 0 Å². The van der Waals surface area contributed by atoms with E-state index in [0.717, 1.165) is 28.6 Å². The Morgan fingerprint density at radius 2 is 2.17 bits per heavy atom. The van der Waals surface area contributed by atoms with Gasteiger partial charge in [0.15, 0.2) is 5.11 Å². The van der Waals surface area contributed by atoms with Gasteiger partial charge in [0.1, 0.15) is 0 Å². The number of unbranched alkanes of at least 4 members (excludes halogenated alkanes) is 1. The third-order valence-electron chi connectivity index (χ3n) is 2.38. The first-order chi connectivity index (χ1) is 8.52. The summed E-state index contributed by atoms with van der Waals surface area (Å²) in [6.45, 7) is 4.06. The highest BCUT2D eigenvalue weighted by molar-refractivity contribution is 9.10. The second kappa shape index (κ2) is 7.48. The van der Waals surface area contributed by atoms with Crippen LogP contribution in [0.1, 0.15) is 31.7 Å². The second-order valence-corrected chi connectivity index (χ2v) is 5.35. The summed E-state index contributed by atoms with van der Waals surface area (Å²) < 4.78 is 0.924. The monoisotopic (exact) mass is 328 g/mol. The predicted molar refractivity (Wildman–Crippen MR) is 82.8 cm³/mol. The standard InChI is InChI=1S/C13H17BrN2OS/c1-3-4-5-12(17)16-13(18)15-11-7-6-9(2)8-10(11)14/h6-8H,3-5H2,1-2H3,(H2,15,16,17,18). The molecule has 0 aliphatic heterocycles. The molecule has 0 aliphatic carbocycles. The maximum atomic E-state index is 11.5. The minimum Gasteiger partial charge on any atom is -0.331 e. The molecule has 5 heteroatoms. The Labute approximate surface area is 121 Å². The lowest BCUT2D eigenvalue weighted by Crippen LogP contribution is -2.33. The van der Waals surface area contributed by atoms with Crippen LogP contribution in [0.5, 0.6) is 0 Å². The molecule has 0 radical (unpaired) electrons. The maximum Gasteiger partial charge on any atom is 0.226 e. The quantitative estimate of drug-likeness (QED) is 0.827. The lowest BCUT2D eigenvalue weighted by Gasteiger charge is -2.11. The van der Waals surface area contributed by atoms with E-state index >= 15 is 0 Å². The maximum absolute atomic E-state index is 11.5. The van der Waals surface area contributed by atoms with Crippen molar-refractivity contribution in [1.29, 1.82) is 0 Å². The van der Waals surface area contributed by atoms with E-state index in [1.807, 2.05) is 32.0 Å². The van der Waals surface area contributed by atoms with E-state index in [4.69, 9.17) is 12.2 Å². The van der Waals surface area contributed by atoms with E-state index < -0.39 is 0 Å². The average Bonchev–Trinajstić information content (AvgIpc) is 2.30. The van der Waals surface area contributed by atoms with Crippen molar-refractivity contribution >= 4 is 44.9 Å². The van der Waals surface area contributed by atoms with Crippen LogP contribution in [0.4, 0.5) is 5.69 Å². The van der Waals surface area contributed by atoms with Gasteiger partial charge in [0, 0.05) is 10.9 Å². The third kappa shape index (κ3) is 5.14. The van der Waals surface area contributed by atoms with Crippen molar-refractivity contribution in [3.63, 3.8) is 0 Å². The molecule has 0 aliphatic rings. The molecule has 0 heterocycles. The smallest absolute Gasteiger partial charge is 0.226 e. The summed E-state index contributed by atoms with van der Waals surface area (Å²) in [5.41, 5.74) is 2.01. The van der Waals surface area contributed by atoms with E-state index in [-0.39, 0.29) is 5.91 Å². The molecule has 0 aromatic heterocycles. The lowest BCUT2D eigenvalue weighted by molar-refractivity contribution is -0.119. The van der Waals surface area contributed by atoms with Crippen molar-refractivity contribution in [3.8, 4) is 0 Å². The van der Waals surface area contributed by atoms with Crippen LogP contribution in [0.15, 0.2) is 22.7 Å². The minimum absolute atomic E-state index is 0.0439. The van der Waals surface area contributed by atoms with E-state index in [0.29, 0.717) is 11.5 Å². The molecule has 0 atom stereocenters. The Morgan fingerprint density at radius 3 is 2.78 bits per heavy atom. The minimum atomic E-state index is -0.0439. The SMILES string of the molecule is CCCCC(=O)NC(=S)Nc1ccc(C)cc1Br. The summed E-state index contributed by atoms with van der Waals surface area (Å²) in [6, 6.07) is 5.89. The number of carbonyl (C=O) groups excluding carboxylic acids is 1. The highest BCUT2D eigenvalue weighted by Crippen LogP contribution is 2.23. The predicted octanol–water partition coefficient (Wildman–Crippen LogP) is 3.76. The Morgan fingerprint density at radius 1 is 1.44 bits per heavy atom. The van der Waals surface area contributed by atoms with Crippen molar-refractivity contribution in [2.24, 2.45) is 0 Å². The largest absolute Gasteiger partial charge is 0.331 e. The van der Waals surface area contributed by atoms with Gasteiger partial charge in [-0.25, -0.2) is 0 Å². The first-order valence-electron chi connectivity index (χ1n) is 5.90. The van der Waals surface area contributed by atoms with Gasteiger partial charge in [-0.2, -0.15) is 0 Å². The summed E-state index contributed by atoms with van der Waals surface area (Å²) >= 11 is 8.54. The molecule has 0 fully saturated rings. The molecule has 2 N–H and O–H groups in total. The van der Waals surface area contributed by atoms with Crippen LogP contribution in [0.2, 0.25) is 0 Å². The first-order valence-corrected chi connectivity index (χ1v) is 7.10. The highest BCUT2D eigenvalue weighted by Gasteiger charge is 2.06. The summed E-state index contributed by atoms with van der Waals surface area (Å²) in [5.74, 6) is -0.0439. The highest BCUT2D eigenvalue weighted by atomic mass is 79.9. The van der Waals surface area contributed by atoms with Crippen molar-refractivity contribution in [2.45, 2.75) is 33.1 Å². The fraction of sp³-hybridized carbons (Fsp3) is 0.385. The number of hydrogen-bond donors (Lipinski definition) is 2. The number of carbonyl (C=O) groups is 1. The number of aryl methyl sites for hydroxylation is 1. The van der Waals surface area contributed by atoms with Gasteiger partial charge in [-0.05, 0) is 59.2 Å². The summed E-state index contributed by atoms with van der Waals surface area (Å²) in [7, 11) is 0. The number of anilines is 1. The normalized spacial score (nSPS) is 9.94. The van der Waals surface area contributed by atoms with Gasteiger partial charge in [0.2, 0.25) is 5.91 Å². The Bertz CT molecular complexity index is 449. The van der Waals surface area contributed by atoms with Gasteiger partial charge in [0.05, 0.1) is 5.69 Å². The van der Waals surface area contributed by atoms with Crippen LogP contribution in [-0.2, 0) is 4.79 Å². The van der Waals surface area contributed by atoms with Crippen molar-refractivity contribution in [1.82, 2.24) is 5.32 Å². The first kappa shape index (κ1) is 15.1. The molecule has 1 amide bonds. The molecule has 0 bridgehead atoms. The number of benzene rings is 1. The van der Waals surface area contributed by atoms with Gasteiger partial charge in [-0.3, -0.25) is 4.79 Å². The number of rotatable bonds is 4. The second-order valence-electron chi connectivity index (χ2n) is 4.09. The van der Waals surface area contributed by atoms with E-state index in [2.05, 4.69) is 26.6 Å². The number of thiocarbonyl (C=S) groups is 1. The average molecular weight is 329 g/mol. The van der Waals surface area contributed by atoms with Crippen molar-refractivity contribution < 1.29 is 4.79 Å². The molecule has 3 nitrogen and oxygen atoms in total. The van der Waals surface area contributed by atoms with E-state index in [1.54, 1.807) is 0 Å². The molecule has 0 saturated carbocycles. The summed E-state index contributed by atoms with van der Waals surface area (Å²) in [6.07, 6.45) is 2.38. The molecular formula is C13H17BrN2OS. The molecule has 1 aromatic rings. The Hall–Kier alpha value is -0.940. The van der Waals surface area contributed by atoms with Crippen LogP contribution in [-0.4, -0.2) is 11.0 Å². The number of nitrogens with one attached hydrogen (secondary N) is 2. The fourth-order valence-corrected chi connectivity index (χ4v) is 2.22. The van der Waals surface area contributed by atoms with Crippen molar-refractivity contribution in [3.05, 3.63) is 28.2 Å². The van der Waals surface area contributed by atoms with Crippen LogP contribution in [0.25, 0.3) is 0 Å². The van der Waals surface area contributed by atoms with E-state index in [1.165, 1.54) is 0 Å². The molecule has 0 spiro atoms. The molecule has 98 valence electrons. The number of halogens is 1. The zero-order valence-corrected chi connectivity index (χ0v) is 13.0. The zero-order valence-electron chi connectivity index (χ0n) is 10.5. The van der Waals surface area contributed by atoms with Crippen LogP contribution in [0, 0.1) is 6.92 Å². The zero-order chi connectivity index (χ0) is 13.5. The Balaban J connectivity index is 2.51. The van der Waals surface area contributed by atoms with Gasteiger partial charge >= 0.3 is 0 Å². The number of hydrogen-bond acceptors (Lipinski definition) is 2. The van der Waals surface area contributed by atoms with Crippen LogP contribution in [0.3, 0.4) is 0 Å². The molecule has 1 aromatic carbocycles. The third-order valence-corrected chi connectivity index (χ3v) is 3.24. The van der Waals surface area contributed by atoms with Gasteiger partial charge < -0.3 is 10.6 Å². The van der Waals surface area contributed by atoms with Gasteiger partial charge in [-0.15, -0.1) is 0 Å². The van der Waals surface area contributed by atoms with Crippen LogP contribution >= 0.6 is 28.1 Å².